The summed E-state index contributed by atoms with van der Waals surface area (Å²) in [7, 11) is 0. The number of benzene rings is 1. The molecule has 146 valence electrons. The molecule has 1 aliphatic heterocycles. The van der Waals surface area contributed by atoms with Crippen molar-refractivity contribution in [2.75, 3.05) is 36.5 Å². The smallest absolute Gasteiger partial charge is 0.228 e. The summed E-state index contributed by atoms with van der Waals surface area (Å²) in [4.78, 5) is 20.7. The Bertz CT molecular complexity index is 1180. The summed E-state index contributed by atoms with van der Waals surface area (Å²) in [5.74, 6) is 1.27. The van der Waals surface area contributed by atoms with E-state index in [0.717, 1.165) is 59.7 Å². The van der Waals surface area contributed by atoms with Crippen molar-refractivity contribution < 1.29 is 4.74 Å². The highest BCUT2D eigenvalue weighted by molar-refractivity contribution is 6.02. The normalized spacial score (nSPS) is 17.2. The van der Waals surface area contributed by atoms with Gasteiger partial charge in [-0.2, -0.15) is 0 Å². The van der Waals surface area contributed by atoms with Crippen molar-refractivity contribution in [2.24, 2.45) is 0 Å². The van der Waals surface area contributed by atoms with Crippen molar-refractivity contribution in [1.29, 1.82) is 0 Å². The van der Waals surface area contributed by atoms with E-state index in [2.05, 4.69) is 35.8 Å². The molecule has 0 unspecified atom stereocenters. The van der Waals surface area contributed by atoms with E-state index in [1.807, 2.05) is 36.9 Å². The lowest BCUT2D eigenvalue weighted by Gasteiger charge is -2.28. The number of aromatic nitrogens is 5. The molecule has 1 saturated carbocycles. The van der Waals surface area contributed by atoms with Gasteiger partial charge in [0.25, 0.3) is 0 Å². The first-order valence-electron chi connectivity index (χ1n) is 10.0. The van der Waals surface area contributed by atoms with Crippen LogP contribution in [0.3, 0.4) is 0 Å². The summed E-state index contributed by atoms with van der Waals surface area (Å²) in [6, 6.07) is 8.65. The van der Waals surface area contributed by atoms with Crippen molar-refractivity contribution in [3.63, 3.8) is 0 Å². The van der Waals surface area contributed by atoms with Gasteiger partial charge < -0.3 is 19.5 Å². The fourth-order valence-electron chi connectivity index (χ4n) is 3.89. The summed E-state index contributed by atoms with van der Waals surface area (Å²) in [5.41, 5.74) is 4.09. The van der Waals surface area contributed by atoms with Gasteiger partial charge in [-0.1, -0.05) is 0 Å². The maximum absolute atomic E-state index is 5.41. The quantitative estimate of drug-likeness (QED) is 0.575. The highest BCUT2D eigenvalue weighted by atomic mass is 16.5. The van der Waals surface area contributed by atoms with Crippen LogP contribution in [0.5, 0.6) is 0 Å². The highest BCUT2D eigenvalue weighted by Gasteiger charge is 2.26. The molecule has 0 atom stereocenters. The molecule has 0 radical (unpaired) electrons. The van der Waals surface area contributed by atoms with Crippen LogP contribution in [0.2, 0.25) is 0 Å². The maximum atomic E-state index is 5.41. The average molecular weight is 387 g/mol. The first-order chi connectivity index (χ1) is 14.3. The molecule has 0 amide bonds. The molecule has 2 aliphatic rings. The van der Waals surface area contributed by atoms with Gasteiger partial charge in [-0.15, -0.1) is 0 Å². The van der Waals surface area contributed by atoms with E-state index >= 15 is 0 Å². The molecule has 8 heteroatoms. The van der Waals surface area contributed by atoms with Gasteiger partial charge in [0.2, 0.25) is 5.95 Å². The number of hydrogen-bond acceptors (Lipinski definition) is 7. The molecule has 1 aromatic carbocycles. The Labute approximate surface area is 167 Å². The average Bonchev–Trinajstić information content (AvgIpc) is 3.53. The maximum Gasteiger partial charge on any atom is 0.228 e. The molecule has 29 heavy (non-hydrogen) atoms. The number of ether oxygens (including phenoxy) is 1. The Morgan fingerprint density at radius 2 is 1.86 bits per heavy atom. The van der Waals surface area contributed by atoms with Gasteiger partial charge in [-0.05, 0) is 37.1 Å². The molecule has 2 fully saturated rings. The summed E-state index contributed by atoms with van der Waals surface area (Å²) in [5, 5.41) is 4.26. The van der Waals surface area contributed by atoms with Gasteiger partial charge >= 0.3 is 0 Å². The minimum absolute atomic E-state index is 0.542. The molecule has 3 aromatic heterocycles. The molecule has 4 aromatic rings. The summed E-state index contributed by atoms with van der Waals surface area (Å²) >= 11 is 0. The van der Waals surface area contributed by atoms with Crippen LogP contribution in [0.15, 0.2) is 43.0 Å². The number of morpholine rings is 1. The molecule has 1 aliphatic carbocycles. The fraction of sp³-hybridized carbons (Fsp3) is 0.333. The Balaban J connectivity index is 1.31. The van der Waals surface area contributed by atoms with E-state index in [4.69, 9.17) is 9.72 Å². The third kappa shape index (κ3) is 3.05. The molecule has 8 nitrogen and oxygen atoms in total. The van der Waals surface area contributed by atoms with Gasteiger partial charge in [0, 0.05) is 30.7 Å². The molecule has 0 bridgehead atoms. The first kappa shape index (κ1) is 16.7. The Morgan fingerprint density at radius 3 is 2.66 bits per heavy atom. The van der Waals surface area contributed by atoms with Gasteiger partial charge in [0.05, 0.1) is 42.5 Å². The molecule has 6 rings (SSSR count). The van der Waals surface area contributed by atoms with Crippen LogP contribution in [0.25, 0.3) is 21.9 Å². The fourth-order valence-corrected chi connectivity index (χ4v) is 3.89. The zero-order chi connectivity index (χ0) is 19.2. The highest BCUT2D eigenvalue weighted by Crippen LogP contribution is 2.38. The van der Waals surface area contributed by atoms with Crippen molar-refractivity contribution in [1.82, 2.24) is 24.5 Å². The largest absolute Gasteiger partial charge is 0.378 e. The Kier molecular flexibility index (Phi) is 3.83. The van der Waals surface area contributed by atoms with E-state index in [0.29, 0.717) is 12.0 Å². The predicted octanol–water partition coefficient (Wildman–Crippen LogP) is 3.29. The van der Waals surface area contributed by atoms with E-state index < -0.39 is 0 Å². The van der Waals surface area contributed by atoms with Crippen LogP contribution < -0.4 is 10.2 Å². The molecular formula is C21H21N7O. The number of fused-ring (bicyclic) bond motifs is 3. The zero-order valence-corrected chi connectivity index (χ0v) is 16.0. The van der Waals surface area contributed by atoms with E-state index in [-0.39, 0.29) is 0 Å². The van der Waals surface area contributed by atoms with Crippen molar-refractivity contribution in [3.8, 4) is 0 Å². The Morgan fingerprint density at radius 1 is 0.966 bits per heavy atom. The van der Waals surface area contributed by atoms with Crippen LogP contribution in [-0.4, -0.2) is 50.8 Å². The summed E-state index contributed by atoms with van der Waals surface area (Å²) in [6.45, 7) is 3.31. The monoisotopic (exact) mass is 387 g/mol. The number of hydrogen-bond donors (Lipinski definition) is 1. The van der Waals surface area contributed by atoms with E-state index in [1.165, 1.54) is 12.8 Å². The van der Waals surface area contributed by atoms with Crippen LogP contribution in [0.1, 0.15) is 18.9 Å². The number of imidazole rings is 1. The van der Waals surface area contributed by atoms with Gasteiger partial charge in [-0.25, -0.2) is 19.9 Å². The lowest BCUT2D eigenvalue weighted by atomic mass is 10.2. The second-order valence-corrected chi connectivity index (χ2v) is 7.57. The zero-order valence-electron chi connectivity index (χ0n) is 16.0. The van der Waals surface area contributed by atoms with Gasteiger partial charge in [0.15, 0.2) is 0 Å². The lowest BCUT2D eigenvalue weighted by molar-refractivity contribution is 0.122. The predicted molar refractivity (Wildman–Crippen MR) is 112 cm³/mol. The van der Waals surface area contributed by atoms with E-state index in [9.17, 15) is 0 Å². The second-order valence-electron chi connectivity index (χ2n) is 7.57. The number of nitrogens with zero attached hydrogens (tertiary/aromatic N) is 6. The van der Waals surface area contributed by atoms with Crippen LogP contribution in [0.4, 0.5) is 17.5 Å². The number of nitrogens with one attached hydrogen (secondary N) is 1. The molecule has 4 heterocycles. The van der Waals surface area contributed by atoms with Crippen LogP contribution in [-0.2, 0) is 4.74 Å². The summed E-state index contributed by atoms with van der Waals surface area (Å²) < 4.78 is 7.67. The van der Waals surface area contributed by atoms with Crippen LogP contribution in [0, 0.1) is 0 Å². The number of pyridine rings is 1. The molecule has 1 N–H and O–H groups in total. The molecular weight excluding hydrogens is 366 g/mol. The lowest BCUT2D eigenvalue weighted by Crippen LogP contribution is -2.36. The minimum atomic E-state index is 0.542. The molecule has 1 saturated heterocycles. The minimum Gasteiger partial charge on any atom is -0.378 e. The number of rotatable bonds is 4. The van der Waals surface area contributed by atoms with Gasteiger partial charge in [0.1, 0.15) is 11.3 Å². The van der Waals surface area contributed by atoms with Crippen molar-refractivity contribution in [3.05, 3.63) is 43.0 Å². The first-order valence-corrected chi connectivity index (χ1v) is 10.0. The Hall–Kier alpha value is -3.26. The van der Waals surface area contributed by atoms with E-state index in [1.54, 1.807) is 0 Å². The topological polar surface area (TPSA) is 81.0 Å². The third-order valence-corrected chi connectivity index (χ3v) is 5.59. The van der Waals surface area contributed by atoms with Gasteiger partial charge in [-0.3, -0.25) is 0 Å². The second kappa shape index (κ2) is 6.66. The van der Waals surface area contributed by atoms with Crippen LogP contribution >= 0.6 is 0 Å². The van der Waals surface area contributed by atoms with Crippen molar-refractivity contribution >= 4 is 39.4 Å². The number of anilines is 3. The molecule has 0 spiro atoms. The standard InChI is InChI=1S/C21H21N7O/c1-5-17-20(28(13-24-17)15-2-3-15)19-14(1)11-23-21(26-19)25-18-6-4-16(12-22-18)27-7-9-29-10-8-27/h1,4-6,11-13,15H,2-3,7-10H2,(H,22,23,25,26). The summed E-state index contributed by atoms with van der Waals surface area (Å²) in [6.07, 6.45) is 8.09. The SMILES string of the molecule is c1cc(Nc2ncc3ccc4ncn(C5CC5)c4c3n2)ncc1N1CCOCC1. The third-order valence-electron chi connectivity index (χ3n) is 5.59. The van der Waals surface area contributed by atoms with Crippen molar-refractivity contribution in [2.45, 2.75) is 18.9 Å².